The molecule has 8 heteroatoms. The Morgan fingerprint density at radius 2 is 1.85 bits per heavy atom. The SMILES string of the molecule is CCOC(=O)N1CCC(NC(N)=NCCC(OCC)C2CCCC2)CC1.I. The van der Waals surface area contributed by atoms with Gasteiger partial charge in [0.25, 0.3) is 0 Å². The molecule has 1 amide bonds. The van der Waals surface area contributed by atoms with Gasteiger partial charge in [0, 0.05) is 32.3 Å². The maximum Gasteiger partial charge on any atom is 0.409 e. The molecule has 0 radical (unpaired) electrons. The number of aliphatic imine (C=N–C) groups is 1. The fraction of sp³-hybridized carbons (Fsp3) is 0.895. The van der Waals surface area contributed by atoms with Crippen molar-refractivity contribution < 1.29 is 14.3 Å². The second-order valence-corrected chi connectivity index (χ2v) is 7.20. The van der Waals surface area contributed by atoms with Gasteiger partial charge in [-0.15, -0.1) is 24.0 Å². The van der Waals surface area contributed by atoms with Crippen LogP contribution < -0.4 is 11.1 Å². The highest BCUT2D eigenvalue weighted by Crippen LogP contribution is 2.30. The number of hydrogen-bond donors (Lipinski definition) is 2. The molecule has 1 heterocycles. The third-order valence-corrected chi connectivity index (χ3v) is 5.38. The van der Waals surface area contributed by atoms with E-state index in [1.165, 1.54) is 25.7 Å². The van der Waals surface area contributed by atoms with Crippen molar-refractivity contribution in [2.45, 2.75) is 70.9 Å². The lowest BCUT2D eigenvalue weighted by molar-refractivity contribution is 0.0177. The second-order valence-electron chi connectivity index (χ2n) is 7.20. The molecule has 1 atom stereocenters. The zero-order chi connectivity index (χ0) is 18.8. The molecule has 7 nitrogen and oxygen atoms in total. The first-order valence-corrected chi connectivity index (χ1v) is 10.2. The Balaban J connectivity index is 0.00000364. The summed E-state index contributed by atoms with van der Waals surface area (Å²) in [5.41, 5.74) is 6.05. The molecule has 1 aliphatic carbocycles. The lowest BCUT2D eigenvalue weighted by Crippen LogP contribution is -2.48. The molecule has 1 saturated heterocycles. The third-order valence-electron chi connectivity index (χ3n) is 5.38. The highest BCUT2D eigenvalue weighted by atomic mass is 127. The number of rotatable bonds is 8. The fourth-order valence-corrected chi connectivity index (χ4v) is 3.99. The average molecular weight is 496 g/mol. The Morgan fingerprint density at radius 1 is 1.19 bits per heavy atom. The van der Waals surface area contributed by atoms with E-state index in [0.717, 1.165) is 25.9 Å². The van der Waals surface area contributed by atoms with Crippen molar-refractivity contribution in [2.75, 3.05) is 32.8 Å². The van der Waals surface area contributed by atoms with E-state index in [-0.39, 0.29) is 36.1 Å². The number of hydrogen-bond acceptors (Lipinski definition) is 4. The number of guanidine groups is 1. The standard InChI is InChI=1S/C19H36N4O3.HI/c1-3-25-17(15-7-5-6-8-15)9-12-21-18(20)22-16-10-13-23(14-11-16)19(24)26-4-2;/h15-17H,3-14H2,1-2H3,(H3,20,21,22);1H. The van der Waals surface area contributed by atoms with Crippen molar-refractivity contribution >= 4 is 36.0 Å². The molecule has 2 fully saturated rings. The Morgan fingerprint density at radius 3 is 2.44 bits per heavy atom. The van der Waals surface area contributed by atoms with E-state index in [2.05, 4.69) is 17.2 Å². The van der Waals surface area contributed by atoms with E-state index < -0.39 is 0 Å². The number of nitrogens with two attached hydrogens (primary N) is 1. The van der Waals surface area contributed by atoms with Crippen LogP contribution in [0.4, 0.5) is 4.79 Å². The summed E-state index contributed by atoms with van der Waals surface area (Å²) >= 11 is 0. The van der Waals surface area contributed by atoms with Gasteiger partial charge in [0.1, 0.15) is 0 Å². The number of carbonyl (C=O) groups is 1. The number of ether oxygens (including phenoxy) is 2. The smallest absolute Gasteiger partial charge is 0.409 e. The van der Waals surface area contributed by atoms with E-state index in [1.807, 2.05) is 6.92 Å². The average Bonchev–Trinajstić information content (AvgIpc) is 3.16. The maximum atomic E-state index is 11.7. The molecule has 0 aromatic rings. The number of likely N-dealkylation sites (tertiary alicyclic amines) is 1. The molecular weight excluding hydrogens is 459 g/mol. The van der Waals surface area contributed by atoms with Gasteiger partial charge in [0.15, 0.2) is 5.96 Å². The molecule has 2 rings (SSSR count). The van der Waals surface area contributed by atoms with Crippen molar-refractivity contribution in [3.05, 3.63) is 0 Å². The summed E-state index contributed by atoms with van der Waals surface area (Å²) < 4.78 is 11.0. The van der Waals surface area contributed by atoms with Crippen LogP contribution in [0.5, 0.6) is 0 Å². The molecule has 1 unspecified atom stereocenters. The summed E-state index contributed by atoms with van der Waals surface area (Å²) in [6, 6.07) is 0.266. The molecule has 0 spiro atoms. The van der Waals surface area contributed by atoms with Gasteiger partial charge < -0.3 is 25.4 Å². The fourth-order valence-electron chi connectivity index (χ4n) is 3.99. The van der Waals surface area contributed by atoms with E-state index >= 15 is 0 Å². The molecule has 0 aromatic heterocycles. The van der Waals surface area contributed by atoms with E-state index in [9.17, 15) is 4.79 Å². The van der Waals surface area contributed by atoms with Crippen molar-refractivity contribution in [3.63, 3.8) is 0 Å². The summed E-state index contributed by atoms with van der Waals surface area (Å²) in [5.74, 6) is 1.19. The van der Waals surface area contributed by atoms with E-state index in [4.69, 9.17) is 15.2 Å². The van der Waals surface area contributed by atoms with Crippen LogP contribution in [0.15, 0.2) is 4.99 Å². The van der Waals surface area contributed by atoms with Crippen LogP contribution in [0.2, 0.25) is 0 Å². The van der Waals surface area contributed by atoms with Crippen molar-refractivity contribution in [3.8, 4) is 0 Å². The molecule has 1 saturated carbocycles. The monoisotopic (exact) mass is 496 g/mol. The predicted molar refractivity (Wildman–Crippen MR) is 119 cm³/mol. The van der Waals surface area contributed by atoms with Crippen LogP contribution in [0.3, 0.4) is 0 Å². The van der Waals surface area contributed by atoms with Gasteiger partial charge in [-0.05, 0) is 51.9 Å². The van der Waals surface area contributed by atoms with Gasteiger partial charge in [0.2, 0.25) is 0 Å². The van der Waals surface area contributed by atoms with Crippen LogP contribution in [-0.4, -0.2) is 61.9 Å². The third kappa shape index (κ3) is 8.41. The number of piperidine rings is 1. The van der Waals surface area contributed by atoms with Gasteiger partial charge in [0.05, 0.1) is 12.7 Å². The minimum Gasteiger partial charge on any atom is -0.450 e. The molecule has 158 valence electrons. The predicted octanol–water partition coefficient (Wildman–Crippen LogP) is 3.12. The summed E-state index contributed by atoms with van der Waals surface area (Å²) in [7, 11) is 0. The number of carbonyl (C=O) groups excluding carboxylic acids is 1. The largest absolute Gasteiger partial charge is 0.450 e. The van der Waals surface area contributed by atoms with Gasteiger partial charge in [-0.25, -0.2) is 4.79 Å². The van der Waals surface area contributed by atoms with Crippen molar-refractivity contribution in [2.24, 2.45) is 16.6 Å². The second kappa shape index (κ2) is 13.4. The van der Waals surface area contributed by atoms with Gasteiger partial charge in [-0.3, -0.25) is 4.99 Å². The summed E-state index contributed by atoms with van der Waals surface area (Å²) in [6.07, 6.45) is 7.95. The Hall–Kier alpha value is -0.770. The molecule has 3 N–H and O–H groups in total. The topological polar surface area (TPSA) is 89.2 Å². The number of amides is 1. The molecule has 0 bridgehead atoms. The van der Waals surface area contributed by atoms with Crippen LogP contribution >= 0.6 is 24.0 Å². The first-order chi connectivity index (χ1) is 12.6. The minimum absolute atomic E-state index is 0. The number of nitrogens with one attached hydrogen (secondary N) is 1. The van der Waals surface area contributed by atoms with Crippen LogP contribution in [0.25, 0.3) is 0 Å². The normalized spacial score (nSPS) is 20.2. The first-order valence-electron chi connectivity index (χ1n) is 10.2. The molecular formula is C19H37IN4O3. The van der Waals surface area contributed by atoms with Gasteiger partial charge in [-0.1, -0.05) is 12.8 Å². The zero-order valence-corrected chi connectivity index (χ0v) is 19.2. The number of halogens is 1. The molecule has 27 heavy (non-hydrogen) atoms. The summed E-state index contributed by atoms with van der Waals surface area (Å²) in [6.45, 7) is 7.14. The lowest BCUT2D eigenvalue weighted by Gasteiger charge is -2.31. The lowest BCUT2D eigenvalue weighted by atomic mass is 9.98. The van der Waals surface area contributed by atoms with Gasteiger partial charge >= 0.3 is 6.09 Å². The van der Waals surface area contributed by atoms with Crippen molar-refractivity contribution in [1.29, 1.82) is 0 Å². The summed E-state index contributed by atoms with van der Waals surface area (Å²) in [5, 5.41) is 3.29. The Labute approximate surface area is 180 Å². The molecule has 1 aliphatic heterocycles. The Kier molecular flexibility index (Phi) is 12.1. The van der Waals surface area contributed by atoms with E-state index in [1.54, 1.807) is 4.90 Å². The maximum absolute atomic E-state index is 11.7. The van der Waals surface area contributed by atoms with Crippen LogP contribution in [0.1, 0.15) is 58.8 Å². The van der Waals surface area contributed by atoms with E-state index in [0.29, 0.717) is 44.2 Å². The molecule has 0 aromatic carbocycles. The summed E-state index contributed by atoms with van der Waals surface area (Å²) in [4.78, 5) is 18.0. The Bertz CT molecular complexity index is 450. The molecule has 2 aliphatic rings. The van der Waals surface area contributed by atoms with Gasteiger partial charge in [-0.2, -0.15) is 0 Å². The van der Waals surface area contributed by atoms with Crippen LogP contribution in [-0.2, 0) is 9.47 Å². The highest BCUT2D eigenvalue weighted by Gasteiger charge is 2.25. The number of nitrogens with zero attached hydrogens (tertiary/aromatic N) is 2. The minimum atomic E-state index is -0.221. The first kappa shape index (κ1) is 24.3. The zero-order valence-electron chi connectivity index (χ0n) is 16.8. The van der Waals surface area contributed by atoms with Crippen LogP contribution in [0, 0.1) is 5.92 Å². The van der Waals surface area contributed by atoms with Crippen molar-refractivity contribution in [1.82, 2.24) is 10.2 Å². The highest BCUT2D eigenvalue weighted by molar-refractivity contribution is 14.0. The quantitative estimate of drug-likeness (QED) is 0.306.